The first-order chi connectivity index (χ1) is 13.2. The Bertz CT molecular complexity index is 744. The molecule has 2 N–H and O–H groups in total. The summed E-state index contributed by atoms with van der Waals surface area (Å²) in [6.45, 7) is 4.57. The molecule has 0 saturated carbocycles. The van der Waals surface area contributed by atoms with Crippen LogP contribution < -0.4 is 5.73 Å². The van der Waals surface area contributed by atoms with Gasteiger partial charge in [-0.1, -0.05) is 17.3 Å². The molecule has 0 bridgehead atoms. The first-order valence-electron chi connectivity index (χ1n) is 9.29. The summed E-state index contributed by atoms with van der Waals surface area (Å²) < 4.78 is 11.0. The van der Waals surface area contributed by atoms with Gasteiger partial charge in [0.05, 0.1) is 17.4 Å². The Morgan fingerprint density at radius 1 is 1.37 bits per heavy atom. The van der Waals surface area contributed by atoms with Crippen molar-refractivity contribution in [2.75, 3.05) is 26.2 Å². The Kier molecular flexibility index (Phi) is 7.25. The lowest BCUT2D eigenvalue weighted by Crippen LogP contribution is -2.41. The lowest BCUT2D eigenvalue weighted by Gasteiger charge is -2.32. The smallest absolute Gasteiger partial charge is 0.254 e. The van der Waals surface area contributed by atoms with Crippen LogP contribution >= 0.6 is 11.8 Å². The first kappa shape index (κ1) is 19.9. The molecule has 2 heterocycles. The Balaban J connectivity index is 1.57. The van der Waals surface area contributed by atoms with E-state index in [2.05, 4.69) is 10.1 Å². The number of carbonyl (C=O) groups is 1. The average Bonchev–Trinajstić information content (AvgIpc) is 3.12. The summed E-state index contributed by atoms with van der Waals surface area (Å²) in [6, 6.07) is 7.68. The maximum absolute atomic E-state index is 13.0. The lowest BCUT2D eigenvalue weighted by atomic mass is 10.1. The van der Waals surface area contributed by atoms with Gasteiger partial charge in [-0.2, -0.15) is 4.98 Å². The van der Waals surface area contributed by atoms with Crippen LogP contribution in [0.25, 0.3) is 0 Å². The molecule has 8 heteroatoms. The first-order valence-corrected chi connectivity index (χ1v) is 10.3. The zero-order chi connectivity index (χ0) is 19.1. The quantitative estimate of drug-likeness (QED) is 0.547. The molecule has 1 aromatic carbocycles. The van der Waals surface area contributed by atoms with Crippen molar-refractivity contribution in [3.8, 4) is 0 Å². The summed E-state index contributed by atoms with van der Waals surface area (Å²) >= 11 is 1.54. The van der Waals surface area contributed by atoms with Gasteiger partial charge in [0.2, 0.25) is 5.89 Å². The van der Waals surface area contributed by atoms with Crippen LogP contribution in [0.1, 0.15) is 41.3 Å². The summed E-state index contributed by atoms with van der Waals surface area (Å²) in [5.74, 6) is 1.80. The van der Waals surface area contributed by atoms with Gasteiger partial charge >= 0.3 is 0 Å². The summed E-state index contributed by atoms with van der Waals surface area (Å²) in [6.07, 6.45) is 2.84. The summed E-state index contributed by atoms with van der Waals surface area (Å²) in [5, 5.41) is 3.80. The van der Waals surface area contributed by atoms with E-state index < -0.39 is 0 Å². The Morgan fingerprint density at radius 3 is 2.85 bits per heavy atom. The van der Waals surface area contributed by atoms with Gasteiger partial charge < -0.3 is 19.9 Å². The molecular weight excluding hydrogens is 364 g/mol. The van der Waals surface area contributed by atoms with Crippen molar-refractivity contribution < 1.29 is 14.1 Å². The lowest BCUT2D eigenvalue weighted by molar-refractivity contribution is 0.00835. The van der Waals surface area contributed by atoms with Gasteiger partial charge in [0.25, 0.3) is 5.91 Å². The second kappa shape index (κ2) is 9.87. The molecule has 0 atom stereocenters. The number of carbonyl (C=O) groups excluding carboxylic acids is 1. The van der Waals surface area contributed by atoms with Crippen molar-refractivity contribution >= 4 is 17.7 Å². The van der Waals surface area contributed by atoms with Crippen LogP contribution in [0, 0.1) is 6.92 Å². The highest BCUT2D eigenvalue weighted by molar-refractivity contribution is 7.98. The average molecular weight is 391 g/mol. The molecule has 1 aromatic heterocycles. The number of nitrogens with zero attached hydrogens (tertiary/aromatic N) is 3. The zero-order valence-corrected chi connectivity index (χ0v) is 16.4. The molecule has 1 amide bonds. The van der Waals surface area contributed by atoms with E-state index in [0.29, 0.717) is 43.7 Å². The van der Waals surface area contributed by atoms with Crippen LogP contribution in [0.2, 0.25) is 0 Å². The number of benzene rings is 1. The molecule has 3 rings (SSSR count). The molecule has 0 spiro atoms. The SMILES string of the molecule is Cc1noc(CSc2ccccc2C(=O)N2CCC(OCCCN)CC2)n1. The van der Waals surface area contributed by atoms with E-state index in [1.165, 1.54) is 11.8 Å². The predicted molar refractivity (Wildman–Crippen MR) is 104 cm³/mol. The minimum absolute atomic E-state index is 0.0696. The van der Waals surface area contributed by atoms with Crippen LogP contribution in [0.4, 0.5) is 0 Å². The number of ether oxygens (including phenoxy) is 1. The number of amides is 1. The van der Waals surface area contributed by atoms with Crippen molar-refractivity contribution in [3.05, 3.63) is 41.5 Å². The van der Waals surface area contributed by atoms with E-state index in [9.17, 15) is 4.79 Å². The Hall–Kier alpha value is -1.90. The van der Waals surface area contributed by atoms with E-state index >= 15 is 0 Å². The number of thioether (sulfide) groups is 1. The number of aryl methyl sites for hydroxylation is 1. The van der Waals surface area contributed by atoms with Gasteiger partial charge in [0, 0.05) is 24.6 Å². The van der Waals surface area contributed by atoms with Gasteiger partial charge in [-0.05, 0) is 44.9 Å². The van der Waals surface area contributed by atoms with Gasteiger partial charge in [-0.15, -0.1) is 11.8 Å². The second-order valence-corrected chi connectivity index (χ2v) is 7.54. The second-order valence-electron chi connectivity index (χ2n) is 6.52. The van der Waals surface area contributed by atoms with E-state index in [-0.39, 0.29) is 12.0 Å². The highest BCUT2D eigenvalue weighted by atomic mass is 32.2. The van der Waals surface area contributed by atoms with Gasteiger partial charge in [-0.25, -0.2) is 0 Å². The minimum Gasteiger partial charge on any atom is -0.378 e. The van der Waals surface area contributed by atoms with E-state index in [0.717, 1.165) is 29.7 Å². The highest BCUT2D eigenvalue weighted by Crippen LogP contribution is 2.27. The summed E-state index contributed by atoms with van der Waals surface area (Å²) in [4.78, 5) is 20.1. The monoisotopic (exact) mass is 390 g/mol. The number of likely N-dealkylation sites (tertiary alicyclic amines) is 1. The van der Waals surface area contributed by atoms with E-state index in [4.69, 9.17) is 15.0 Å². The molecule has 0 aliphatic carbocycles. The Labute approximate surface area is 163 Å². The topological polar surface area (TPSA) is 94.5 Å². The van der Waals surface area contributed by atoms with Crippen molar-refractivity contribution in [1.82, 2.24) is 15.0 Å². The summed E-state index contributed by atoms with van der Waals surface area (Å²) in [5.41, 5.74) is 6.22. The van der Waals surface area contributed by atoms with Gasteiger partial charge in [-0.3, -0.25) is 4.79 Å². The number of hydrogen-bond acceptors (Lipinski definition) is 7. The zero-order valence-electron chi connectivity index (χ0n) is 15.6. The van der Waals surface area contributed by atoms with E-state index in [1.807, 2.05) is 29.2 Å². The van der Waals surface area contributed by atoms with Crippen molar-refractivity contribution in [2.24, 2.45) is 5.73 Å². The third-order valence-electron chi connectivity index (χ3n) is 4.47. The number of hydrogen-bond donors (Lipinski definition) is 1. The summed E-state index contributed by atoms with van der Waals surface area (Å²) in [7, 11) is 0. The van der Waals surface area contributed by atoms with Crippen LogP contribution in [0.5, 0.6) is 0 Å². The number of aromatic nitrogens is 2. The number of piperidine rings is 1. The predicted octanol–water partition coefficient (Wildman–Crippen LogP) is 2.64. The molecular formula is C19H26N4O3S. The molecule has 0 radical (unpaired) electrons. The fraction of sp³-hybridized carbons (Fsp3) is 0.526. The van der Waals surface area contributed by atoms with Gasteiger partial charge in [0.1, 0.15) is 0 Å². The Morgan fingerprint density at radius 2 is 2.15 bits per heavy atom. The molecule has 1 saturated heterocycles. The van der Waals surface area contributed by atoms with Crippen LogP contribution in [-0.4, -0.2) is 53.3 Å². The molecule has 1 fully saturated rings. The van der Waals surface area contributed by atoms with Crippen molar-refractivity contribution in [3.63, 3.8) is 0 Å². The third kappa shape index (κ3) is 5.54. The maximum atomic E-state index is 13.0. The fourth-order valence-corrected chi connectivity index (χ4v) is 3.92. The molecule has 146 valence electrons. The maximum Gasteiger partial charge on any atom is 0.254 e. The standard InChI is InChI=1S/C19H26N4O3S/c1-14-21-18(26-22-14)13-27-17-6-3-2-5-16(17)19(24)23-10-7-15(8-11-23)25-12-4-9-20/h2-3,5-6,15H,4,7-13,20H2,1H3. The van der Waals surface area contributed by atoms with E-state index in [1.54, 1.807) is 6.92 Å². The molecule has 1 aliphatic heterocycles. The van der Waals surface area contributed by atoms with Crippen LogP contribution in [-0.2, 0) is 10.5 Å². The minimum atomic E-state index is 0.0696. The molecule has 1 aliphatic rings. The number of nitrogens with two attached hydrogens (primary N) is 1. The largest absolute Gasteiger partial charge is 0.378 e. The molecule has 2 aromatic rings. The van der Waals surface area contributed by atoms with Crippen LogP contribution in [0.3, 0.4) is 0 Å². The van der Waals surface area contributed by atoms with Crippen molar-refractivity contribution in [2.45, 2.75) is 42.9 Å². The third-order valence-corrected chi connectivity index (χ3v) is 5.53. The molecule has 0 unspecified atom stereocenters. The van der Waals surface area contributed by atoms with Crippen LogP contribution in [0.15, 0.2) is 33.7 Å². The van der Waals surface area contributed by atoms with Gasteiger partial charge in [0.15, 0.2) is 5.82 Å². The highest BCUT2D eigenvalue weighted by Gasteiger charge is 2.25. The molecule has 7 nitrogen and oxygen atoms in total. The number of rotatable bonds is 8. The molecule has 27 heavy (non-hydrogen) atoms. The van der Waals surface area contributed by atoms with Crippen molar-refractivity contribution in [1.29, 1.82) is 0 Å². The fourth-order valence-electron chi connectivity index (χ4n) is 3.04. The normalized spacial score (nSPS) is 15.3.